The van der Waals surface area contributed by atoms with E-state index < -0.39 is 0 Å². The highest BCUT2D eigenvalue weighted by Gasteiger charge is 2.29. The lowest BCUT2D eigenvalue weighted by molar-refractivity contribution is -0.117. The lowest BCUT2D eigenvalue weighted by Gasteiger charge is -2.15. The minimum absolute atomic E-state index is 0.0867. The molecule has 25 heavy (non-hydrogen) atoms. The maximum absolute atomic E-state index is 11.8. The highest BCUT2D eigenvalue weighted by molar-refractivity contribution is 5.94. The zero-order valence-electron chi connectivity index (χ0n) is 14.1. The van der Waals surface area contributed by atoms with Crippen molar-refractivity contribution >= 4 is 28.4 Å². The van der Waals surface area contributed by atoms with Gasteiger partial charge in [0.15, 0.2) is 0 Å². The number of carbonyl (C=O) groups excluding carboxylic acids is 1. The van der Waals surface area contributed by atoms with Gasteiger partial charge in [-0.25, -0.2) is 4.98 Å². The van der Waals surface area contributed by atoms with Crippen LogP contribution in [0, 0.1) is 5.92 Å². The van der Waals surface area contributed by atoms with E-state index in [-0.39, 0.29) is 17.9 Å². The third-order valence-electron chi connectivity index (χ3n) is 4.44. The van der Waals surface area contributed by atoms with Crippen molar-refractivity contribution in [2.75, 3.05) is 10.6 Å². The van der Waals surface area contributed by atoms with Crippen molar-refractivity contribution in [3.63, 3.8) is 0 Å². The predicted octanol–water partition coefficient (Wildman–Crippen LogP) is 4.15. The maximum Gasteiger partial charge on any atom is 0.227 e. The molecule has 0 aliphatic heterocycles. The molecule has 0 radical (unpaired) electrons. The van der Waals surface area contributed by atoms with Crippen LogP contribution in [0.2, 0.25) is 0 Å². The quantitative estimate of drug-likeness (QED) is 0.736. The molecule has 1 aliphatic carbocycles. The summed E-state index contributed by atoms with van der Waals surface area (Å²) in [4.78, 5) is 20.8. The van der Waals surface area contributed by atoms with Gasteiger partial charge in [0.2, 0.25) is 5.91 Å². The summed E-state index contributed by atoms with van der Waals surface area (Å²) in [7, 11) is 0. The van der Waals surface area contributed by atoms with Crippen LogP contribution in [0.25, 0.3) is 11.0 Å². The Morgan fingerprint density at radius 1 is 1.08 bits per heavy atom. The van der Waals surface area contributed by atoms with Crippen LogP contribution in [0.5, 0.6) is 0 Å². The number of anilines is 2. The average Bonchev–Trinajstić information content (AvgIpc) is 3.47. The van der Waals surface area contributed by atoms with Crippen LogP contribution in [0.1, 0.15) is 31.4 Å². The van der Waals surface area contributed by atoms with Gasteiger partial charge in [-0.05, 0) is 49.6 Å². The number of nitrogens with zero attached hydrogens (tertiary/aromatic N) is 2. The van der Waals surface area contributed by atoms with Crippen LogP contribution < -0.4 is 10.6 Å². The topological polar surface area (TPSA) is 66.9 Å². The Labute approximate surface area is 146 Å². The molecule has 0 saturated heterocycles. The van der Waals surface area contributed by atoms with Crippen LogP contribution in [0.3, 0.4) is 0 Å². The molecular weight excluding hydrogens is 312 g/mol. The molecule has 2 aromatic carbocycles. The van der Waals surface area contributed by atoms with Gasteiger partial charge in [-0.1, -0.05) is 24.3 Å². The molecule has 0 spiro atoms. The van der Waals surface area contributed by atoms with Crippen molar-refractivity contribution in [1.29, 1.82) is 0 Å². The molecular formula is C20H20N4O. The second kappa shape index (κ2) is 6.51. The fourth-order valence-electron chi connectivity index (χ4n) is 2.78. The fraction of sp³-hybridized carbons (Fsp3) is 0.250. The summed E-state index contributed by atoms with van der Waals surface area (Å²) in [6.45, 7) is 2.08. The van der Waals surface area contributed by atoms with Crippen LogP contribution in [-0.4, -0.2) is 15.9 Å². The number of benzene rings is 2. The Bertz CT molecular complexity index is 903. The molecule has 2 N–H and O–H groups in total. The molecule has 1 atom stereocenters. The van der Waals surface area contributed by atoms with Gasteiger partial charge in [0.05, 0.1) is 17.2 Å². The standard InChI is InChI=1S/C20H20N4O/c1-13(22-19-12-21-17-4-2-3-5-18(17)24-19)14-8-10-16(11-9-14)23-20(25)15-6-7-15/h2-5,8-13,15H,6-7H2,1H3,(H,22,24)(H,23,25). The van der Waals surface area contributed by atoms with E-state index in [0.29, 0.717) is 0 Å². The number of rotatable bonds is 5. The van der Waals surface area contributed by atoms with E-state index >= 15 is 0 Å². The van der Waals surface area contributed by atoms with Gasteiger partial charge in [0.1, 0.15) is 5.82 Å². The molecule has 1 heterocycles. The van der Waals surface area contributed by atoms with E-state index in [1.165, 1.54) is 0 Å². The number of aromatic nitrogens is 2. The summed E-state index contributed by atoms with van der Waals surface area (Å²) in [5.41, 5.74) is 3.73. The average molecular weight is 332 g/mol. The largest absolute Gasteiger partial charge is 0.362 e. The highest BCUT2D eigenvalue weighted by atomic mass is 16.2. The summed E-state index contributed by atoms with van der Waals surface area (Å²) in [6.07, 6.45) is 3.78. The van der Waals surface area contributed by atoms with Crippen molar-refractivity contribution in [3.05, 3.63) is 60.3 Å². The molecule has 5 nitrogen and oxygen atoms in total. The van der Waals surface area contributed by atoms with E-state index in [4.69, 9.17) is 0 Å². The zero-order chi connectivity index (χ0) is 17.2. The highest BCUT2D eigenvalue weighted by Crippen LogP contribution is 2.30. The summed E-state index contributed by atoms with van der Waals surface area (Å²) in [5.74, 6) is 1.09. The molecule has 3 aromatic rings. The molecule has 1 aliphatic rings. The van der Waals surface area contributed by atoms with Gasteiger partial charge in [-0.2, -0.15) is 0 Å². The second-order valence-electron chi connectivity index (χ2n) is 6.50. The van der Waals surface area contributed by atoms with Crippen molar-refractivity contribution in [1.82, 2.24) is 9.97 Å². The van der Waals surface area contributed by atoms with Crippen LogP contribution in [0.4, 0.5) is 11.5 Å². The van der Waals surface area contributed by atoms with E-state index in [2.05, 4.69) is 27.5 Å². The molecule has 1 aromatic heterocycles. The minimum atomic E-state index is 0.0867. The van der Waals surface area contributed by atoms with E-state index in [0.717, 1.165) is 40.9 Å². The lowest BCUT2D eigenvalue weighted by Crippen LogP contribution is -2.13. The summed E-state index contributed by atoms with van der Waals surface area (Å²) in [5, 5.41) is 6.34. The van der Waals surface area contributed by atoms with Crippen LogP contribution >= 0.6 is 0 Å². The molecule has 1 amide bonds. The SMILES string of the molecule is CC(Nc1cnc2ccccc2n1)c1ccc(NC(=O)C2CC2)cc1. The fourth-order valence-corrected chi connectivity index (χ4v) is 2.78. The number of carbonyl (C=O) groups is 1. The van der Waals surface area contributed by atoms with E-state index in [1.54, 1.807) is 6.20 Å². The Hall–Kier alpha value is -2.95. The number of para-hydroxylation sites is 2. The van der Waals surface area contributed by atoms with Gasteiger partial charge in [0.25, 0.3) is 0 Å². The minimum Gasteiger partial charge on any atom is -0.362 e. The Balaban J connectivity index is 1.44. The number of hydrogen-bond donors (Lipinski definition) is 2. The van der Waals surface area contributed by atoms with E-state index in [1.807, 2.05) is 48.5 Å². The Morgan fingerprint density at radius 3 is 2.52 bits per heavy atom. The smallest absolute Gasteiger partial charge is 0.227 e. The number of hydrogen-bond acceptors (Lipinski definition) is 4. The number of fused-ring (bicyclic) bond motifs is 1. The first kappa shape index (κ1) is 15.6. The van der Waals surface area contributed by atoms with Gasteiger partial charge < -0.3 is 10.6 Å². The Morgan fingerprint density at radius 2 is 1.80 bits per heavy atom. The van der Waals surface area contributed by atoms with Crippen LogP contribution in [0.15, 0.2) is 54.7 Å². The van der Waals surface area contributed by atoms with Gasteiger partial charge >= 0.3 is 0 Å². The lowest BCUT2D eigenvalue weighted by atomic mass is 10.1. The van der Waals surface area contributed by atoms with Crippen molar-refractivity contribution in [2.45, 2.75) is 25.8 Å². The van der Waals surface area contributed by atoms with Crippen LogP contribution in [-0.2, 0) is 4.79 Å². The summed E-state index contributed by atoms with van der Waals surface area (Å²) >= 11 is 0. The summed E-state index contributed by atoms with van der Waals surface area (Å²) in [6, 6.07) is 15.8. The molecule has 4 rings (SSSR count). The number of amides is 1. The zero-order valence-corrected chi connectivity index (χ0v) is 14.1. The molecule has 1 saturated carbocycles. The monoisotopic (exact) mass is 332 g/mol. The maximum atomic E-state index is 11.8. The molecule has 5 heteroatoms. The molecule has 0 bridgehead atoms. The first-order valence-corrected chi connectivity index (χ1v) is 8.58. The van der Waals surface area contributed by atoms with Gasteiger partial charge in [-0.3, -0.25) is 9.78 Å². The molecule has 1 fully saturated rings. The first-order chi connectivity index (χ1) is 12.2. The van der Waals surface area contributed by atoms with Crippen molar-refractivity contribution in [3.8, 4) is 0 Å². The third kappa shape index (κ3) is 3.60. The van der Waals surface area contributed by atoms with Gasteiger partial charge in [0, 0.05) is 17.6 Å². The summed E-state index contributed by atoms with van der Waals surface area (Å²) < 4.78 is 0. The van der Waals surface area contributed by atoms with Crippen molar-refractivity contribution < 1.29 is 4.79 Å². The van der Waals surface area contributed by atoms with Gasteiger partial charge in [-0.15, -0.1) is 0 Å². The molecule has 1 unspecified atom stereocenters. The number of nitrogens with one attached hydrogen (secondary N) is 2. The molecule has 126 valence electrons. The predicted molar refractivity (Wildman–Crippen MR) is 99.4 cm³/mol. The van der Waals surface area contributed by atoms with Crippen molar-refractivity contribution in [2.24, 2.45) is 5.92 Å². The first-order valence-electron chi connectivity index (χ1n) is 8.58. The van der Waals surface area contributed by atoms with E-state index in [9.17, 15) is 4.79 Å². The normalized spacial score (nSPS) is 14.9. The Kier molecular flexibility index (Phi) is 4.06. The third-order valence-corrected chi connectivity index (χ3v) is 4.44. The second-order valence-corrected chi connectivity index (χ2v) is 6.50.